The molecule has 0 saturated carbocycles. The fourth-order valence-electron chi connectivity index (χ4n) is 2.58. The van der Waals surface area contributed by atoms with Crippen molar-refractivity contribution in [3.8, 4) is 11.8 Å². The number of ether oxygens (including phenoxy) is 2. The van der Waals surface area contributed by atoms with Crippen molar-refractivity contribution in [1.29, 1.82) is 5.26 Å². The van der Waals surface area contributed by atoms with Gasteiger partial charge in [0.25, 0.3) is 0 Å². The number of thiocarbonyl (C=S) groups is 1. The summed E-state index contributed by atoms with van der Waals surface area (Å²) in [5.74, 6) is -3.06. The third-order valence-corrected chi connectivity index (χ3v) is 4.06. The second-order valence-electron chi connectivity index (χ2n) is 5.30. The molecule has 2 atom stereocenters. The molecule has 1 heterocycles. The molecular weight excluding hydrogens is 346 g/mol. The van der Waals surface area contributed by atoms with Crippen LogP contribution in [0.25, 0.3) is 0 Å². The number of nitrogens with one attached hydrogen (secondary N) is 2. The lowest BCUT2D eigenvalue weighted by atomic mass is 9.77. The number of hydrogen-bond donors (Lipinski definition) is 2. The molecule has 25 heavy (non-hydrogen) atoms. The summed E-state index contributed by atoms with van der Waals surface area (Å²) in [5, 5.41) is 14.1. The van der Waals surface area contributed by atoms with Crippen LogP contribution in [0.1, 0.15) is 16.8 Å². The van der Waals surface area contributed by atoms with E-state index in [2.05, 4.69) is 10.6 Å². The molecule has 0 aliphatic carbocycles. The van der Waals surface area contributed by atoms with Gasteiger partial charge in [-0.3, -0.25) is 9.59 Å². The third-order valence-electron chi connectivity index (χ3n) is 3.86. The number of nitriles is 1. The topological polar surface area (TPSA) is 118 Å². The molecule has 0 radical (unpaired) electrons. The van der Waals surface area contributed by atoms with Crippen LogP contribution in [-0.2, 0) is 14.3 Å². The lowest BCUT2D eigenvalue weighted by Gasteiger charge is -2.38. The summed E-state index contributed by atoms with van der Waals surface area (Å²) < 4.78 is 9.76. The Labute approximate surface area is 149 Å². The minimum Gasteiger partial charge on any atom is -0.497 e. The number of amides is 1. The molecule has 8 nitrogen and oxygen atoms in total. The van der Waals surface area contributed by atoms with Gasteiger partial charge in [0.05, 0.1) is 20.3 Å². The smallest absolute Gasteiger partial charge is 0.334 e. The van der Waals surface area contributed by atoms with Crippen LogP contribution >= 0.6 is 12.2 Å². The van der Waals surface area contributed by atoms with Gasteiger partial charge in [-0.1, -0.05) is 0 Å². The highest BCUT2D eigenvalue weighted by molar-refractivity contribution is 7.80. The van der Waals surface area contributed by atoms with Crippen LogP contribution in [0.3, 0.4) is 0 Å². The Kier molecular flexibility index (Phi) is 5.34. The number of carbonyl (C=O) groups excluding carboxylic acids is 3. The molecular formula is C16H15N3O5S. The highest BCUT2D eigenvalue weighted by Crippen LogP contribution is 2.28. The van der Waals surface area contributed by atoms with Gasteiger partial charge in [-0.05, 0) is 36.5 Å². The highest BCUT2D eigenvalue weighted by Gasteiger charge is 2.55. The molecule has 0 aromatic heterocycles. The fourth-order valence-corrected chi connectivity index (χ4v) is 2.87. The number of esters is 1. The Hall–Kier alpha value is -2.99. The second kappa shape index (κ2) is 7.27. The van der Waals surface area contributed by atoms with Crippen molar-refractivity contribution in [3.63, 3.8) is 0 Å². The van der Waals surface area contributed by atoms with E-state index in [1.807, 2.05) is 0 Å². The first kappa shape index (κ1) is 18.4. The first-order valence-corrected chi connectivity index (χ1v) is 7.57. The van der Waals surface area contributed by atoms with E-state index in [9.17, 15) is 19.6 Å². The van der Waals surface area contributed by atoms with Crippen LogP contribution in [0.4, 0.5) is 0 Å². The van der Waals surface area contributed by atoms with Gasteiger partial charge in [-0.25, -0.2) is 4.79 Å². The number of methoxy groups -OCH3 is 2. The first-order chi connectivity index (χ1) is 11.9. The minimum atomic E-state index is -1.89. The largest absolute Gasteiger partial charge is 0.497 e. The van der Waals surface area contributed by atoms with Crippen molar-refractivity contribution in [1.82, 2.24) is 10.6 Å². The van der Waals surface area contributed by atoms with Crippen molar-refractivity contribution in [3.05, 3.63) is 29.8 Å². The van der Waals surface area contributed by atoms with Gasteiger partial charge in [0.2, 0.25) is 5.91 Å². The van der Waals surface area contributed by atoms with Crippen molar-refractivity contribution in [2.24, 2.45) is 5.92 Å². The summed E-state index contributed by atoms with van der Waals surface area (Å²) in [6, 6.07) is 7.97. The molecule has 1 aliphatic rings. The zero-order valence-corrected chi connectivity index (χ0v) is 14.3. The first-order valence-electron chi connectivity index (χ1n) is 7.16. The van der Waals surface area contributed by atoms with Crippen LogP contribution in [0.15, 0.2) is 24.3 Å². The highest BCUT2D eigenvalue weighted by atomic mass is 32.1. The molecule has 1 fully saturated rings. The average Bonchev–Trinajstić information content (AvgIpc) is 2.60. The number of rotatable bonds is 5. The summed E-state index contributed by atoms with van der Waals surface area (Å²) in [4.78, 5) is 37.1. The Morgan fingerprint density at radius 2 is 1.96 bits per heavy atom. The van der Waals surface area contributed by atoms with Crippen molar-refractivity contribution in [2.75, 3.05) is 14.2 Å². The van der Waals surface area contributed by atoms with Crippen molar-refractivity contribution >= 4 is 35.0 Å². The molecule has 130 valence electrons. The molecule has 0 bridgehead atoms. The fraction of sp³-hybridized carbons (Fsp3) is 0.312. The standard InChI is InChI=1S/C16H15N3O5S/c1-23-10-5-3-9(4-6-10)12(20)7-16(14(22)24-2)11(8-17)13(21)18-15(25)19-16/h3-6,11H,7H2,1-2H3,(H2,18,19,21,25)/t11-,16+/m1/s1. The van der Waals surface area contributed by atoms with Gasteiger partial charge >= 0.3 is 5.97 Å². The molecule has 0 spiro atoms. The predicted octanol–water partition coefficient (Wildman–Crippen LogP) is 0.324. The molecule has 1 aromatic rings. The molecule has 1 amide bonds. The van der Waals surface area contributed by atoms with E-state index >= 15 is 0 Å². The monoisotopic (exact) mass is 361 g/mol. The van der Waals surface area contributed by atoms with Gasteiger partial charge in [0.15, 0.2) is 22.4 Å². The maximum atomic E-state index is 12.6. The number of Topliss-reactive ketones (excluding diaryl/α,β-unsaturated/α-hetero) is 1. The quantitative estimate of drug-likeness (QED) is 0.437. The summed E-state index contributed by atoms with van der Waals surface area (Å²) in [6.45, 7) is 0. The van der Waals surface area contributed by atoms with E-state index in [-0.39, 0.29) is 5.11 Å². The summed E-state index contributed by atoms with van der Waals surface area (Å²) >= 11 is 4.91. The Morgan fingerprint density at radius 3 is 2.48 bits per heavy atom. The SMILES string of the molecule is COC(=O)[C@@]1(CC(=O)c2ccc(OC)cc2)NC(=S)NC(=O)[C@H]1C#N. The maximum Gasteiger partial charge on any atom is 0.334 e. The maximum absolute atomic E-state index is 12.6. The zero-order chi connectivity index (χ0) is 18.6. The molecule has 9 heteroatoms. The summed E-state index contributed by atoms with van der Waals surface area (Å²) in [7, 11) is 2.60. The second-order valence-corrected chi connectivity index (χ2v) is 5.71. The van der Waals surface area contributed by atoms with Crippen LogP contribution in [-0.4, -0.2) is 42.5 Å². The lowest BCUT2D eigenvalue weighted by Crippen LogP contribution is -2.70. The minimum absolute atomic E-state index is 0.149. The number of carbonyl (C=O) groups is 3. The Morgan fingerprint density at radius 1 is 1.32 bits per heavy atom. The third kappa shape index (κ3) is 3.44. The van der Waals surface area contributed by atoms with Crippen molar-refractivity contribution < 1.29 is 23.9 Å². The van der Waals surface area contributed by atoms with Crippen molar-refractivity contribution in [2.45, 2.75) is 12.0 Å². The van der Waals surface area contributed by atoms with E-state index in [1.54, 1.807) is 18.2 Å². The van der Waals surface area contributed by atoms with Gasteiger partial charge in [-0.15, -0.1) is 0 Å². The van der Waals surface area contributed by atoms with E-state index < -0.39 is 35.5 Å². The van der Waals surface area contributed by atoms with Gasteiger partial charge in [0.1, 0.15) is 5.75 Å². The van der Waals surface area contributed by atoms with Crippen LogP contribution < -0.4 is 15.4 Å². The number of benzene rings is 1. The van der Waals surface area contributed by atoms with E-state index in [0.717, 1.165) is 7.11 Å². The van der Waals surface area contributed by atoms with Crippen LogP contribution in [0, 0.1) is 17.2 Å². The summed E-state index contributed by atoms with van der Waals surface area (Å²) in [5.41, 5.74) is -1.60. The zero-order valence-electron chi connectivity index (χ0n) is 13.5. The number of nitrogens with zero attached hydrogens (tertiary/aromatic N) is 1. The van der Waals surface area contributed by atoms with E-state index in [4.69, 9.17) is 21.7 Å². The normalized spacial score (nSPS) is 22.2. The average molecular weight is 361 g/mol. The molecule has 0 unspecified atom stereocenters. The molecule has 1 aromatic carbocycles. The van der Waals surface area contributed by atoms with Crippen LogP contribution in [0.5, 0.6) is 5.75 Å². The lowest BCUT2D eigenvalue weighted by molar-refractivity contribution is -0.152. The van der Waals surface area contributed by atoms with Gasteiger partial charge in [-0.2, -0.15) is 5.26 Å². The molecule has 2 N–H and O–H groups in total. The molecule has 1 saturated heterocycles. The van der Waals surface area contributed by atoms with E-state index in [0.29, 0.717) is 11.3 Å². The predicted molar refractivity (Wildman–Crippen MR) is 89.7 cm³/mol. The number of ketones is 1. The van der Waals surface area contributed by atoms with Gasteiger partial charge in [0, 0.05) is 12.0 Å². The van der Waals surface area contributed by atoms with E-state index in [1.165, 1.54) is 19.2 Å². The van der Waals surface area contributed by atoms with Gasteiger partial charge < -0.3 is 20.1 Å². The number of hydrogen-bond acceptors (Lipinski definition) is 7. The summed E-state index contributed by atoms with van der Waals surface area (Å²) in [6.07, 6.45) is -0.474. The Balaban J connectivity index is 2.41. The Bertz CT molecular complexity index is 771. The molecule has 2 rings (SSSR count). The van der Waals surface area contributed by atoms with Crippen LogP contribution in [0.2, 0.25) is 0 Å². The molecule has 1 aliphatic heterocycles.